The molecule has 1 aliphatic carbocycles. The van der Waals surface area contributed by atoms with E-state index in [0.29, 0.717) is 24.6 Å². The fourth-order valence-corrected chi connectivity index (χ4v) is 2.97. The number of aliphatic hydroxyl groups excluding tert-OH is 1. The van der Waals surface area contributed by atoms with E-state index >= 15 is 0 Å². The zero-order chi connectivity index (χ0) is 15.0. The van der Waals surface area contributed by atoms with E-state index in [-0.39, 0.29) is 23.9 Å². The average molecular weight is 292 g/mol. The number of likely N-dealkylation sites (tertiary alicyclic amines) is 1. The molecule has 1 atom stereocenters. The van der Waals surface area contributed by atoms with Gasteiger partial charge in [-0.15, -0.1) is 0 Å². The summed E-state index contributed by atoms with van der Waals surface area (Å²) in [5, 5.41) is 9.38. The smallest absolute Gasteiger partial charge is 0.253 e. The van der Waals surface area contributed by atoms with Crippen LogP contribution in [0.4, 0.5) is 4.39 Å². The number of aliphatic hydroxyl groups is 1. The highest BCUT2D eigenvalue weighted by molar-refractivity contribution is 5.94. The molecular formula is C16H21FN2O2. The molecule has 1 aromatic rings. The molecule has 0 radical (unpaired) electrons. The lowest BCUT2D eigenvalue weighted by Crippen LogP contribution is -2.56. The van der Waals surface area contributed by atoms with Gasteiger partial charge >= 0.3 is 0 Å². The van der Waals surface area contributed by atoms with Gasteiger partial charge in [0.05, 0.1) is 6.10 Å². The fourth-order valence-electron chi connectivity index (χ4n) is 2.97. The molecule has 3 rings (SSSR count). The molecule has 2 fully saturated rings. The lowest BCUT2D eigenvalue weighted by molar-refractivity contribution is -0.0127. The summed E-state index contributed by atoms with van der Waals surface area (Å²) in [6.45, 7) is 2.20. The van der Waals surface area contributed by atoms with Gasteiger partial charge in [-0.05, 0) is 43.0 Å². The quantitative estimate of drug-likeness (QED) is 0.891. The van der Waals surface area contributed by atoms with Gasteiger partial charge in [0.25, 0.3) is 5.91 Å². The Labute approximate surface area is 124 Å². The second-order valence-corrected chi connectivity index (χ2v) is 6.20. The number of halogens is 1. The number of amides is 1. The van der Waals surface area contributed by atoms with E-state index in [1.54, 1.807) is 4.90 Å². The average Bonchev–Trinajstić information content (AvgIpc) is 3.26. The third-order valence-corrected chi connectivity index (χ3v) is 4.46. The van der Waals surface area contributed by atoms with Crippen molar-refractivity contribution in [3.05, 3.63) is 35.6 Å². The predicted molar refractivity (Wildman–Crippen MR) is 77.5 cm³/mol. The van der Waals surface area contributed by atoms with E-state index in [0.717, 1.165) is 19.4 Å². The molecule has 1 N–H and O–H groups in total. The number of β-amino-alcohol motifs (C(OH)–C–C–N with tert-alkyl or cyclic N) is 1. The molecule has 114 valence electrons. The largest absolute Gasteiger partial charge is 0.390 e. The van der Waals surface area contributed by atoms with Gasteiger partial charge in [-0.3, -0.25) is 9.69 Å². The van der Waals surface area contributed by atoms with Gasteiger partial charge < -0.3 is 10.0 Å². The first-order valence-electron chi connectivity index (χ1n) is 7.47. The Hall–Kier alpha value is -1.46. The zero-order valence-electron chi connectivity index (χ0n) is 12.2. The third kappa shape index (κ3) is 3.24. The second kappa shape index (κ2) is 5.73. The molecule has 1 saturated carbocycles. The zero-order valence-corrected chi connectivity index (χ0v) is 12.2. The van der Waals surface area contributed by atoms with Crippen LogP contribution in [-0.2, 0) is 0 Å². The Morgan fingerprint density at radius 3 is 2.52 bits per heavy atom. The second-order valence-electron chi connectivity index (χ2n) is 6.20. The number of carbonyl (C=O) groups is 1. The number of benzene rings is 1. The number of carbonyl (C=O) groups excluding carboxylic acids is 1. The summed E-state index contributed by atoms with van der Waals surface area (Å²) in [7, 11) is 1.82. The lowest BCUT2D eigenvalue weighted by Gasteiger charge is -2.40. The highest BCUT2D eigenvalue weighted by Gasteiger charge is 2.39. The Bertz CT molecular complexity index is 510. The van der Waals surface area contributed by atoms with Crippen molar-refractivity contribution in [3.63, 3.8) is 0 Å². The Morgan fingerprint density at radius 2 is 2.00 bits per heavy atom. The van der Waals surface area contributed by atoms with Gasteiger partial charge in [0.2, 0.25) is 0 Å². The SMILES string of the molecule is CN(C(=O)c1ccc(F)cc1)C(CN1CC(O)C1)C1CC1. The van der Waals surface area contributed by atoms with Crippen molar-refractivity contribution in [1.29, 1.82) is 0 Å². The van der Waals surface area contributed by atoms with Crippen LogP contribution in [0.1, 0.15) is 23.2 Å². The van der Waals surface area contributed by atoms with Crippen LogP contribution in [0, 0.1) is 11.7 Å². The van der Waals surface area contributed by atoms with Gasteiger partial charge in [0.15, 0.2) is 0 Å². The number of nitrogens with zero attached hydrogens (tertiary/aromatic N) is 2. The topological polar surface area (TPSA) is 43.8 Å². The van der Waals surface area contributed by atoms with Crippen molar-refractivity contribution in [3.8, 4) is 0 Å². The third-order valence-electron chi connectivity index (χ3n) is 4.46. The molecule has 4 nitrogen and oxygen atoms in total. The van der Waals surface area contributed by atoms with Gasteiger partial charge in [0.1, 0.15) is 5.82 Å². The summed E-state index contributed by atoms with van der Waals surface area (Å²) >= 11 is 0. The molecular weight excluding hydrogens is 271 g/mol. The molecule has 1 heterocycles. The minimum atomic E-state index is -0.331. The van der Waals surface area contributed by atoms with E-state index < -0.39 is 0 Å². The Balaban J connectivity index is 1.66. The van der Waals surface area contributed by atoms with Crippen LogP contribution in [0.3, 0.4) is 0 Å². The maximum Gasteiger partial charge on any atom is 0.253 e. The molecule has 21 heavy (non-hydrogen) atoms. The maximum absolute atomic E-state index is 13.0. The summed E-state index contributed by atoms with van der Waals surface area (Å²) in [5.41, 5.74) is 0.521. The first-order chi connectivity index (χ1) is 10.0. The predicted octanol–water partition coefficient (Wildman–Crippen LogP) is 1.35. The van der Waals surface area contributed by atoms with Gasteiger partial charge in [-0.1, -0.05) is 0 Å². The highest BCUT2D eigenvalue weighted by Crippen LogP contribution is 2.36. The van der Waals surface area contributed by atoms with Gasteiger partial charge in [-0.2, -0.15) is 0 Å². The van der Waals surface area contributed by atoms with Crippen LogP contribution >= 0.6 is 0 Å². The molecule has 1 unspecified atom stereocenters. The summed E-state index contributed by atoms with van der Waals surface area (Å²) in [6, 6.07) is 5.88. The van der Waals surface area contributed by atoms with Crippen molar-refractivity contribution in [2.24, 2.45) is 5.92 Å². The summed E-state index contributed by atoms with van der Waals surface area (Å²) in [5.74, 6) is 0.160. The monoisotopic (exact) mass is 292 g/mol. The Morgan fingerprint density at radius 1 is 1.38 bits per heavy atom. The van der Waals surface area contributed by atoms with E-state index in [9.17, 15) is 14.3 Å². The first kappa shape index (κ1) is 14.5. The Kier molecular flexibility index (Phi) is 3.95. The number of rotatable bonds is 5. The first-order valence-corrected chi connectivity index (χ1v) is 7.47. The van der Waals surface area contributed by atoms with E-state index in [1.807, 2.05) is 7.05 Å². The van der Waals surface area contributed by atoms with Crippen LogP contribution in [0.5, 0.6) is 0 Å². The van der Waals surface area contributed by atoms with E-state index in [2.05, 4.69) is 4.90 Å². The molecule has 1 aromatic carbocycles. The molecule has 1 aliphatic heterocycles. The summed E-state index contributed by atoms with van der Waals surface area (Å²) < 4.78 is 13.0. The minimum absolute atomic E-state index is 0.0621. The standard InChI is InChI=1S/C16H21FN2O2/c1-18(16(21)12-4-6-13(17)7-5-12)15(11-2-3-11)10-19-8-14(20)9-19/h4-7,11,14-15,20H,2-3,8-10H2,1H3. The summed E-state index contributed by atoms with van der Waals surface area (Å²) in [4.78, 5) is 16.5. The van der Waals surface area contributed by atoms with Crippen LogP contribution in [-0.4, -0.2) is 59.6 Å². The molecule has 1 saturated heterocycles. The van der Waals surface area contributed by atoms with Crippen LogP contribution < -0.4 is 0 Å². The van der Waals surface area contributed by atoms with Gasteiger partial charge in [0, 0.05) is 38.3 Å². The normalized spacial score (nSPS) is 20.9. The van der Waals surface area contributed by atoms with Gasteiger partial charge in [-0.25, -0.2) is 4.39 Å². The number of hydrogen-bond donors (Lipinski definition) is 1. The molecule has 5 heteroatoms. The van der Waals surface area contributed by atoms with Crippen molar-refractivity contribution < 1.29 is 14.3 Å². The van der Waals surface area contributed by atoms with Crippen molar-refractivity contribution in [1.82, 2.24) is 9.80 Å². The number of hydrogen-bond acceptors (Lipinski definition) is 3. The lowest BCUT2D eigenvalue weighted by atomic mass is 10.1. The summed E-state index contributed by atoms with van der Waals surface area (Å²) in [6.07, 6.45) is 2.09. The highest BCUT2D eigenvalue weighted by atomic mass is 19.1. The van der Waals surface area contributed by atoms with Crippen molar-refractivity contribution in [2.75, 3.05) is 26.7 Å². The van der Waals surface area contributed by atoms with Crippen molar-refractivity contribution in [2.45, 2.75) is 25.0 Å². The van der Waals surface area contributed by atoms with Crippen LogP contribution in [0.15, 0.2) is 24.3 Å². The minimum Gasteiger partial charge on any atom is -0.390 e. The number of likely N-dealkylation sites (N-methyl/N-ethyl adjacent to an activating group) is 1. The molecule has 2 aliphatic rings. The van der Waals surface area contributed by atoms with Crippen molar-refractivity contribution >= 4 is 5.91 Å². The van der Waals surface area contributed by atoms with Crippen LogP contribution in [0.25, 0.3) is 0 Å². The maximum atomic E-state index is 13.0. The van der Waals surface area contributed by atoms with E-state index in [1.165, 1.54) is 24.3 Å². The molecule has 0 bridgehead atoms. The van der Waals surface area contributed by atoms with E-state index in [4.69, 9.17) is 0 Å². The molecule has 0 aromatic heterocycles. The molecule has 1 amide bonds. The molecule has 0 spiro atoms. The van der Waals surface area contributed by atoms with Crippen LogP contribution in [0.2, 0.25) is 0 Å². The fraction of sp³-hybridized carbons (Fsp3) is 0.562.